The monoisotopic (exact) mass is 406 g/mol. The number of carbonyl (C=O) groups excluding carboxylic acids is 2. The highest BCUT2D eigenvalue weighted by Gasteiger charge is 2.18. The van der Waals surface area contributed by atoms with E-state index in [9.17, 15) is 14.4 Å². The smallest absolute Gasteiger partial charge is 0.290 e. The number of hydrogen-bond acceptors (Lipinski definition) is 5. The molecular weight excluding hydrogens is 392 g/mol. The molecule has 0 saturated heterocycles. The fourth-order valence-electron chi connectivity index (χ4n) is 2.89. The van der Waals surface area contributed by atoms with Crippen LogP contribution in [0.3, 0.4) is 0 Å². The van der Waals surface area contributed by atoms with Crippen LogP contribution >= 0.6 is 12.2 Å². The number of H-pyrrole nitrogens is 2. The van der Waals surface area contributed by atoms with Crippen molar-refractivity contribution in [1.82, 2.24) is 30.6 Å². The molecule has 4 rings (SSSR count). The SMILES string of the molecule is O=C(NNC(=O)c1c[nH]c(=S)n1-c1ccccc1)c1n[nH]c(=O)c2ccccc12. The van der Waals surface area contributed by atoms with Crippen molar-refractivity contribution >= 4 is 34.8 Å². The second kappa shape index (κ2) is 7.52. The molecule has 2 amide bonds. The summed E-state index contributed by atoms with van der Waals surface area (Å²) in [7, 11) is 0. The van der Waals surface area contributed by atoms with Crippen molar-refractivity contribution in [3.05, 3.63) is 87.3 Å². The third-order valence-electron chi connectivity index (χ3n) is 4.22. The number of carbonyl (C=O) groups is 2. The van der Waals surface area contributed by atoms with E-state index in [1.165, 1.54) is 6.20 Å². The van der Waals surface area contributed by atoms with Gasteiger partial charge in [0.1, 0.15) is 5.69 Å². The van der Waals surface area contributed by atoms with Crippen LogP contribution in [-0.2, 0) is 0 Å². The Bertz CT molecular complexity index is 1340. The number of aromatic nitrogens is 4. The van der Waals surface area contributed by atoms with Gasteiger partial charge in [-0.1, -0.05) is 36.4 Å². The minimum absolute atomic E-state index is 0.0190. The molecule has 29 heavy (non-hydrogen) atoms. The normalized spacial score (nSPS) is 10.6. The van der Waals surface area contributed by atoms with Crippen molar-refractivity contribution in [2.24, 2.45) is 0 Å². The summed E-state index contributed by atoms with van der Waals surface area (Å²) in [5, 5.41) is 6.77. The molecule has 2 aromatic heterocycles. The summed E-state index contributed by atoms with van der Waals surface area (Å²) in [4.78, 5) is 39.8. The average molecular weight is 406 g/mol. The third kappa shape index (κ3) is 3.44. The molecule has 0 atom stereocenters. The van der Waals surface area contributed by atoms with Crippen molar-refractivity contribution < 1.29 is 9.59 Å². The van der Waals surface area contributed by atoms with Crippen LogP contribution in [0.1, 0.15) is 21.0 Å². The standard InChI is InChI=1S/C19H14N6O3S/c26-16-13-9-5-4-8-12(13)15(21-22-16)18(28)24-23-17(27)14-10-20-19(29)25(14)11-6-2-1-3-7-11/h1-10H,(H,20,29)(H,22,26)(H,23,27)(H,24,28). The highest BCUT2D eigenvalue weighted by molar-refractivity contribution is 7.71. The second-order valence-electron chi connectivity index (χ2n) is 6.01. The number of para-hydroxylation sites is 1. The summed E-state index contributed by atoms with van der Waals surface area (Å²) < 4.78 is 1.88. The number of aromatic amines is 2. The zero-order chi connectivity index (χ0) is 20.4. The second-order valence-corrected chi connectivity index (χ2v) is 6.39. The first-order chi connectivity index (χ1) is 14.1. The molecule has 0 radical (unpaired) electrons. The summed E-state index contributed by atoms with van der Waals surface area (Å²) in [5.74, 6) is -1.26. The maximum atomic E-state index is 12.6. The summed E-state index contributed by atoms with van der Waals surface area (Å²) in [6.07, 6.45) is 1.45. The first-order valence-electron chi connectivity index (χ1n) is 8.50. The average Bonchev–Trinajstić information content (AvgIpc) is 3.14. The highest BCUT2D eigenvalue weighted by atomic mass is 32.1. The zero-order valence-electron chi connectivity index (χ0n) is 14.8. The van der Waals surface area contributed by atoms with Gasteiger partial charge in [0, 0.05) is 17.3 Å². The molecule has 2 aromatic carbocycles. The summed E-state index contributed by atoms with van der Waals surface area (Å²) in [6.45, 7) is 0. The number of imidazole rings is 1. The fourth-order valence-corrected chi connectivity index (χ4v) is 3.16. The first-order valence-corrected chi connectivity index (χ1v) is 8.91. The summed E-state index contributed by atoms with van der Waals surface area (Å²) >= 11 is 5.25. The van der Waals surface area contributed by atoms with E-state index in [1.54, 1.807) is 41.0 Å². The van der Waals surface area contributed by atoms with Crippen molar-refractivity contribution in [3.63, 3.8) is 0 Å². The van der Waals surface area contributed by atoms with Gasteiger partial charge in [0.05, 0.1) is 5.39 Å². The maximum Gasteiger partial charge on any atom is 0.290 e. The number of nitrogens with zero attached hydrogens (tertiary/aromatic N) is 2. The lowest BCUT2D eigenvalue weighted by atomic mass is 10.1. The minimum Gasteiger partial charge on any atom is -0.336 e. The predicted octanol–water partition coefficient (Wildman–Crippen LogP) is 1.85. The van der Waals surface area contributed by atoms with Gasteiger partial charge in [-0.15, -0.1) is 0 Å². The minimum atomic E-state index is -0.675. The van der Waals surface area contributed by atoms with Gasteiger partial charge in [-0.2, -0.15) is 5.10 Å². The molecule has 0 fully saturated rings. The van der Waals surface area contributed by atoms with Gasteiger partial charge in [-0.05, 0) is 30.4 Å². The van der Waals surface area contributed by atoms with E-state index < -0.39 is 17.4 Å². The largest absolute Gasteiger partial charge is 0.336 e. The number of benzene rings is 2. The Labute approximate surface area is 168 Å². The lowest BCUT2D eigenvalue weighted by Crippen LogP contribution is -2.43. The molecule has 144 valence electrons. The Morgan fingerprint density at radius 1 is 0.931 bits per heavy atom. The molecule has 0 aliphatic heterocycles. The van der Waals surface area contributed by atoms with Crippen molar-refractivity contribution in [1.29, 1.82) is 0 Å². The van der Waals surface area contributed by atoms with Crippen LogP contribution in [0.15, 0.2) is 65.6 Å². The topological polar surface area (TPSA) is 125 Å². The molecule has 0 bridgehead atoms. The number of hydrazine groups is 1. The van der Waals surface area contributed by atoms with Crippen LogP contribution < -0.4 is 16.4 Å². The van der Waals surface area contributed by atoms with Crippen LogP contribution in [0.2, 0.25) is 0 Å². The number of fused-ring (bicyclic) bond motifs is 1. The van der Waals surface area contributed by atoms with Crippen molar-refractivity contribution in [2.75, 3.05) is 0 Å². The number of nitrogens with one attached hydrogen (secondary N) is 4. The van der Waals surface area contributed by atoms with Crippen molar-refractivity contribution in [3.8, 4) is 5.69 Å². The van der Waals surface area contributed by atoms with Crippen LogP contribution in [0.4, 0.5) is 0 Å². The molecule has 0 saturated carbocycles. The van der Waals surface area contributed by atoms with Gasteiger partial charge >= 0.3 is 0 Å². The van der Waals surface area contributed by atoms with E-state index in [2.05, 4.69) is 26.0 Å². The van der Waals surface area contributed by atoms with Gasteiger partial charge in [-0.25, -0.2) is 5.10 Å². The van der Waals surface area contributed by atoms with E-state index in [1.807, 2.05) is 18.2 Å². The van der Waals surface area contributed by atoms with E-state index in [4.69, 9.17) is 12.2 Å². The summed E-state index contributed by atoms with van der Waals surface area (Å²) in [6, 6.07) is 15.6. The quantitative estimate of drug-likeness (QED) is 0.305. The molecule has 4 aromatic rings. The molecule has 0 aliphatic rings. The Kier molecular flexibility index (Phi) is 4.75. The molecule has 10 heteroatoms. The Morgan fingerprint density at radius 3 is 2.34 bits per heavy atom. The van der Waals surface area contributed by atoms with E-state index >= 15 is 0 Å². The molecular formula is C19H14N6O3S. The van der Waals surface area contributed by atoms with Crippen LogP contribution in [0.25, 0.3) is 16.5 Å². The summed E-state index contributed by atoms with van der Waals surface area (Å²) in [5.41, 5.74) is 5.14. The molecule has 4 N–H and O–H groups in total. The molecule has 0 spiro atoms. The fraction of sp³-hybridized carbons (Fsp3) is 0. The predicted molar refractivity (Wildman–Crippen MR) is 108 cm³/mol. The highest BCUT2D eigenvalue weighted by Crippen LogP contribution is 2.13. The Morgan fingerprint density at radius 2 is 1.59 bits per heavy atom. The maximum absolute atomic E-state index is 12.6. The van der Waals surface area contributed by atoms with Crippen molar-refractivity contribution in [2.45, 2.75) is 0 Å². The van der Waals surface area contributed by atoms with E-state index in [-0.39, 0.29) is 11.4 Å². The zero-order valence-corrected chi connectivity index (χ0v) is 15.6. The number of hydrogen-bond donors (Lipinski definition) is 4. The van der Waals surface area contributed by atoms with Gasteiger partial charge < -0.3 is 4.98 Å². The molecule has 2 heterocycles. The number of amides is 2. The van der Waals surface area contributed by atoms with Gasteiger partial charge in [-0.3, -0.25) is 29.8 Å². The lowest BCUT2D eigenvalue weighted by Gasteiger charge is -2.10. The van der Waals surface area contributed by atoms with Crippen LogP contribution in [-0.4, -0.2) is 31.6 Å². The van der Waals surface area contributed by atoms with E-state index in [0.29, 0.717) is 21.2 Å². The third-order valence-corrected chi connectivity index (χ3v) is 4.52. The molecule has 0 unspecified atom stereocenters. The van der Waals surface area contributed by atoms with Crippen LogP contribution in [0, 0.1) is 4.77 Å². The van der Waals surface area contributed by atoms with Gasteiger partial charge in [0.15, 0.2) is 10.5 Å². The van der Waals surface area contributed by atoms with Gasteiger partial charge in [0.2, 0.25) is 0 Å². The lowest BCUT2D eigenvalue weighted by molar-refractivity contribution is 0.0840. The van der Waals surface area contributed by atoms with Crippen LogP contribution in [0.5, 0.6) is 0 Å². The number of rotatable bonds is 3. The van der Waals surface area contributed by atoms with E-state index in [0.717, 1.165) is 0 Å². The Balaban J connectivity index is 1.58. The molecule has 0 aliphatic carbocycles. The van der Waals surface area contributed by atoms with Gasteiger partial charge in [0.25, 0.3) is 17.4 Å². The molecule has 9 nitrogen and oxygen atoms in total. The first kappa shape index (κ1) is 18.3. The Hall–Kier alpha value is -4.05.